The molecule has 0 bridgehead atoms. The lowest BCUT2D eigenvalue weighted by atomic mass is 10.2. The molecule has 0 aliphatic rings. The molecule has 62 valence electrons. The van der Waals surface area contributed by atoms with Crippen molar-refractivity contribution in [3.63, 3.8) is 0 Å². The fourth-order valence-electron chi connectivity index (χ4n) is 1.10. The second kappa shape index (κ2) is 2.95. The Kier molecular flexibility index (Phi) is 2.07. The molecule has 1 nitrogen and oxygen atoms in total. The van der Waals surface area contributed by atoms with E-state index >= 15 is 0 Å². The number of rotatable bonds is 0. The van der Waals surface area contributed by atoms with Gasteiger partial charge in [-0.05, 0) is 28.1 Å². The molecule has 0 saturated carbocycles. The normalized spacial score (nSPS) is 10.9. The van der Waals surface area contributed by atoms with Crippen LogP contribution in [0.1, 0.15) is 0 Å². The first kappa shape index (κ1) is 8.42. The Labute approximate surface area is 87.8 Å². The minimum atomic E-state index is 0.568. The number of H-pyrrole nitrogens is 1. The number of aromatic nitrogens is 1. The van der Waals surface area contributed by atoms with Crippen LogP contribution in [-0.2, 0) is 0 Å². The summed E-state index contributed by atoms with van der Waals surface area (Å²) in [7, 11) is 0. The van der Waals surface area contributed by atoms with Crippen LogP contribution in [-0.4, -0.2) is 4.98 Å². The lowest BCUT2D eigenvalue weighted by molar-refractivity contribution is 1.41. The highest BCUT2D eigenvalue weighted by molar-refractivity contribution is 9.10. The number of nitrogens with one attached hydrogen (secondary N) is 1. The lowest BCUT2D eigenvalue weighted by Crippen LogP contribution is -1.71. The monoisotopic (exact) mass is 263 g/mol. The summed E-state index contributed by atoms with van der Waals surface area (Å²) in [5.74, 6) is 0. The minimum Gasteiger partial charge on any atom is -0.348 e. The van der Waals surface area contributed by atoms with Crippen LogP contribution in [0.2, 0.25) is 10.0 Å². The molecule has 0 aliphatic heterocycles. The van der Waals surface area contributed by atoms with Gasteiger partial charge in [-0.25, -0.2) is 0 Å². The van der Waals surface area contributed by atoms with Gasteiger partial charge >= 0.3 is 0 Å². The van der Waals surface area contributed by atoms with Gasteiger partial charge in [-0.3, -0.25) is 0 Å². The molecule has 1 aromatic carbocycles. The molecule has 1 aromatic heterocycles. The lowest BCUT2D eigenvalue weighted by Gasteiger charge is -1.95. The van der Waals surface area contributed by atoms with Crippen LogP contribution in [0.15, 0.2) is 22.8 Å². The van der Waals surface area contributed by atoms with Crippen molar-refractivity contribution in [3.8, 4) is 0 Å². The number of halogens is 3. The summed E-state index contributed by atoms with van der Waals surface area (Å²) in [5, 5.41) is 2.19. The summed E-state index contributed by atoms with van der Waals surface area (Å²) in [5.41, 5.74) is 0.871. The van der Waals surface area contributed by atoms with Crippen molar-refractivity contribution in [2.45, 2.75) is 0 Å². The Balaban J connectivity index is 2.89. The highest BCUT2D eigenvalue weighted by Gasteiger charge is 2.05. The van der Waals surface area contributed by atoms with Gasteiger partial charge in [0.25, 0.3) is 0 Å². The quantitative estimate of drug-likeness (QED) is 0.733. The molecule has 0 fully saturated rings. The van der Waals surface area contributed by atoms with Gasteiger partial charge in [-0.2, -0.15) is 0 Å². The largest absolute Gasteiger partial charge is 0.348 e. The summed E-state index contributed by atoms with van der Waals surface area (Å²) in [4.78, 5) is 3.07. The van der Waals surface area contributed by atoms with Crippen LogP contribution in [0.3, 0.4) is 0 Å². The van der Waals surface area contributed by atoms with Crippen molar-refractivity contribution >= 4 is 50.0 Å². The number of aromatic amines is 1. The molecule has 0 aliphatic carbocycles. The highest BCUT2D eigenvalue weighted by atomic mass is 79.9. The Morgan fingerprint density at radius 1 is 1.25 bits per heavy atom. The molecular weight excluding hydrogens is 261 g/mol. The van der Waals surface area contributed by atoms with E-state index in [0.717, 1.165) is 15.5 Å². The maximum Gasteiger partial charge on any atom is 0.0833 e. The molecule has 0 unspecified atom stereocenters. The third-order valence-corrected chi connectivity index (χ3v) is 2.89. The van der Waals surface area contributed by atoms with Crippen LogP contribution in [0.5, 0.6) is 0 Å². The number of benzene rings is 1. The maximum atomic E-state index is 5.96. The van der Waals surface area contributed by atoms with Crippen molar-refractivity contribution in [3.05, 3.63) is 32.8 Å². The van der Waals surface area contributed by atoms with Gasteiger partial charge in [0.05, 0.1) is 20.2 Å². The van der Waals surface area contributed by atoms with Crippen molar-refractivity contribution in [2.24, 2.45) is 0 Å². The average Bonchev–Trinajstić information content (AvgIpc) is 2.39. The fraction of sp³-hybridized carbons (Fsp3) is 0. The smallest absolute Gasteiger partial charge is 0.0833 e. The first-order valence-electron chi connectivity index (χ1n) is 3.30. The minimum absolute atomic E-state index is 0.568. The summed E-state index contributed by atoms with van der Waals surface area (Å²) < 4.78 is 0.904. The zero-order chi connectivity index (χ0) is 8.72. The summed E-state index contributed by atoms with van der Waals surface area (Å²) >= 11 is 15.1. The predicted octanol–water partition coefficient (Wildman–Crippen LogP) is 4.24. The molecule has 0 amide bonds. The molecule has 4 heteroatoms. The van der Waals surface area contributed by atoms with Gasteiger partial charge in [0.1, 0.15) is 0 Å². The third kappa shape index (κ3) is 1.24. The number of fused-ring (bicyclic) bond motifs is 1. The predicted molar refractivity (Wildman–Crippen MR) is 56.0 cm³/mol. The maximum absolute atomic E-state index is 5.96. The van der Waals surface area contributed by atoms with Crippen LogP contribution in [0, 0.1) is 0 Å². The van der Waals surface area contributed by atoms with Gasteiger partial charge < -0.3 is 4.98 Å². The molecule has 0 atom stereocenters. The highest BCUT2D eigenvalue weighted by Crippen LogP contribution is 2.31. The van der Waals surface area contributed by atoms with Crippen LogP contribution < -0.4 is 0 Å². The molecule has 1 heterocycles. The first-order chi connectivity index (χ1) is 5.68. The van der Waals surface area contributed by atoms with Crippen molar-refractivity contribution in [1.82, 2.24) is 4.98 Å². The van der Waals surface area contributed by atoms with Gasteiger partial charge in [0.2, 0.25) is 0 Å². The molecule has 2 aromatic rings. The van der Waals surface area contributed by atoms with E-state index in [1.807, 2.05) is 12.1 Å². The van der Waals surface area contributed by atoms with E-state index in [1.165, 1.54) is 0 Å². The van der Waals surface area contributed by atoms with E-state index < -0.39 is 0 Å². The first-order valence-corrected chi connectivity index (χ1v) is 4.85. The average molecular weight is 265 g/mol. The van der Waals surface area contributed by atoms with Gasteiger partial charge in [0.15, 0.2) is 0 Å². The molecule has 0 spiro atoms. The molecular formula is C8H4BrCl2N. The Bertz CT molecular complexity index is 436. The SMILES string of the molecule is Clc1ccc2cc(Br)[nH]c2c1Cl. The molecule has 0 saturated heterocycles. The van der Waals surface area contributed by atoms with Gasteiger partial charge in [-0.15, -0.1) is 0 Å². The third-order valence-electron chi connectivity index (χ3n) is 1.65. The fourth-order valence-corrected chi connectivity index (χ4v) is 1.93. The van der Waals surface area contributed by atoms with Crippen LogP contribution >= 0.6 is 39.1 Å². The van der Waals surface area contributed by atoms with Crippen LogP contribution in [0.25, 0.3) is 10.9 Å². The molecule has 0 radical (unpaired) electrons. The second-order valence-corrected chi connectivity index (χ2v) is 4.08. The second-order valence-electron chi connectivity index (χ2n) is 2.44. The van der Waals surface area contributed by atoms with Crippen LogP contribution in [0.4, 0.5) is 0 Å². The van der Waals surface area contributed by atoms with E-state index in [2.05, 4.69) is 20.9 Å². The standard InChI is InChI=1S/C8H4BrCl2N/c9-6-3-4-1-2-5(10)7(11)8(4)12-6/h1-3,12H. The van der Waals surface area contributed by atoms with Crippen molar-refractivity contribution in [2.75, 3.05) is 0 Å². The van der Waals surface area contributed by atoms with Gasteiger partial charge in [0, 0.05) is 5.39 Å². The zero-order valence-electron chi connectivity index (χ0n) is 5.87. The molecule has 12 heavy (non-hydrogen) atoms. The van der Waals surface area contributed by atoms with E-state index in [9.17, 15) is 0 Å². The number of hydrogen-bond acceptors (Lipinski definition) is 0. The summed E-state index contributed by atoms with van der Waals surface area (Å²) in [6, 6.07) is 5.66. The topological polar surface area (TPSA) is 15.8 Å². The molecule has 1 N–H and O–H groups in total. The van der Waals surface area contributed by atoms with E-state index in [1.54, 1.807) is 6.07 Å². The Morgan fingerprint density at radius 3 is 2.75 bits per heavy atom. The number of hydrogen-bond donors (Lipinski definition) is 1. The summed E-state index contributed by atoms with van der Waals surface area (Å²) in [6.07, 6.45) is 0. The van der Waals surface area contributed by atoms with E-state index in [4.69, 9.17) is 23.2 Å². The van der Waals surface area contributed by atoms with E-state index in [-0.39, 0.29) is 0 Å². The Morgan fingerprint density at radius 2 is 2.00 bits per heavy atom. The van der Waals surface area contributed by atoms with Gasteiger partial charge in [-0.1, -0.05) is 29.3 Å². The zero-order valence-corrected chi connectivity index (χ0v) is 8.96. The van der Waals surface area contributed by atoms with Crippen molar-refractivity contribution < 1.29 is 0 Å². The Hall–Kier alpha value is -0.180. The summed E-state index contributed by atoms with van der Waals surface area (Å²) in [6.45, 7) is 0. The van der Waals surface area contributed by atoms with Crippen molar-refractivity contribution in [1.29, 1.82) is 0 Å². The molecule has 2 rings (SSSR count). The van der Waals surface area contributed by atoms with E-state index in [0.29, 0.717) is 10.0 Å².